The van der Waals surface area contributed by atoms with Crippen LogP contribution in [-0.4, -0.2) is 40.9 Å². The molecule has 4 heteroatoms. The fourth-order valence-corrected chi connectivity index (χ4v) is 3.22. The predicted molar refractivity (Wildman–Crippen MR) is 75.9 cm³/mol. The van der Waals surface area contributed by atoms with Gasteiger partial charge in [0.1, 0.15) is 0 Å². The summed E-state index contributed by atoms with van der Waals surface area (Å²) in [6.45, 7) is 5.63. The fraction of sp³-hybridized carbons (Fsp3) is 1.00. The van der Waals surface area contributed by atoms with Crippen LogP contribution in [0, 0.1) is 0 Å². The molecule has 1 saturated heterocycles. The highest BCUT2D eigenvalue weighted by atomic mass is 32.2. The van der Waals surface area contributed by atoms with Crippen molar-refractivity contribution in [2.75, 3.05) is 18.6 Å². The van der Waals surface area contributed by atoms with Crippen LogP contribution in [0.5, 0.6) is 0 Å². The van der Waals surface area contributed by atoms with Crippen molar-refractivity contribution in [3.63, 3.8) is 0 Å². The lowest BCUT2D eigenvalue weighted by atomic mass is 9.98. The zero-order chi connectivity index (χ0) is 12.7. The van der Waals surface area contributed by atoms with Crippen molar-refractivity contribution in [3.8, 4) is 0 Å². The first-order chi connectivity index (χ1) is 8.08. The molecule has 0 radical (unpaired) electrons. The zero-order valence-corrected chi connectivity index (χ0v) is 12.3. The summed E-state index contributed by atoms with van der Waals surface area (Å²) in [4.78, 5) is 0. The summed E-state index contributed by atoms with van der Waals surface area (Å²) < 4.78 is 11.0. The van der Waals surface area contributed by atoms with Gasteiger partial charge in [-0.25, -0.2) is 0 Å². The highest BCUT2D eigenvalue weighted by molar-refractivity contribution is 7.84. The molecule has 0 amide bonds. The normalized spacial score (nSPS) is 26.4. The van der Waals surface area contributed by atoms with Gasteiger partial charge in [0.2, 0.25) is 0 Å². The van der Waals surface area contributed by atoms with E-state index in [1.165, 1.54) is 32.2 Å². The number of rotatable bonds is 7. The summed E-state index contributed by atoms with van der Waals surface area (Å²) in [6, 6.07) is 1.71. The number of piperidine rings is 1. The number of nitrogens with one attached hydrogen (secondary N) is 2. The van der Waals surface area contributed by atoms with Crippen molar-refractivity contribution in [1.82, 2.24) is 10.6 Å². The maximum Gasteiger partial charge on any atom is 0.0246 e. The minimum Gasteiger partial charge on any atom is -0.314 e. The molecule has 102 valence electrons. The van der Waals surface area contributed by atoms with Gasteiger partial charge in [-0.05, 0) is 46.1 Å². The van der Waals surface area contributed by atoms with E-state index < -0.39 is 10.8 Å². The van der Waals surface area contributed by atoms with E-state index in [4.69, 9.17) is 0 Å². The molecule has 4 atom stereocenters. The fourth-order valence-electron chi connectivity index (χ4n) is 2.53. The van der Waals surface area contributed by atoms with Crippen molar-refractivity contribution in [2.45, 2.75) is 64.1 Å². The first-order valence-electron chi connectivity index (χ1n) is 6.87. The minimum atomic E-state index is -0.660. The highest BCUT2D eigenvalue weighted by Gasteiger charge is 2.16. The Hall–Kier alpha value is 0.0700. The van der Waals surface area contributed by atoms with Gasteiger partial charge in [0.15, 0.2) is 0 Å². The molecule has 1 heterocycles. The summed E-state index contributed by atoms with van der Waals surface area (Å²) in [5.41, 5.74) is 0. The van der Waals surface area contributed by atoms with Crippen LogP contribution >= 0.6 is 0 Å². The second-order valence-corrected chi connectivity index (χ2v) is 6.97. The molecule has 0 aromatic heterocycles. The first-order valence-corrected chi connectivity index (χ1v) is 8.60. The third-order valence-electron chi connectivity index (χ3n) is 3.46. The Morgan fingerprint density at radius 1 is 1.35 bits per heavy atom. The topological polar surface area (TPSA) is 41.1 Å². The molecule has 4 unspecified atom stereocenters. The van der Waals surface area contributed by atoms with E-state index in [9.17, 15) is 4.21 Å². The molecular formula is C13H28N2OS. The van der Waals surface area contributed by atoms with Crippen molar-refractivity contribution in [3.05, 3.63) is 0 Å². The second kappa shape index (κ2) is 8.22. The average Bonchev–Trinajstić information content (AvgIpc) is 2.27. The third kappa shape index (κ3) is 7.17. The van der Waals surface area contributed by atoms with Gasteiger partial charge in [-0.15, -0.1) is 0 Å². The lowest BCUT2D eigenvalue weighted by molar-refractivity contribution is 0.331. The van der Waals surface area contributed by atoms with E-state index >= 15 is 0 Å². The molecule has 1 aliphatic heterocycles. The Balaban J connectivity index is 2.14. The van der Waals surface area contributed by atoms with Gasteiger partial charge in [0.05, 0.1) is 0 Å². The van der Waals surface area contributed by atoms with Gasteiger partial charge in [-0.1, -0.05) is 6.42 Å². The van der Waals surface area contributed by atoms with Crippen molar-refractivity contribution >= 4 is 10.8 Å². The lowest BCUT2D eigenvalue weighted by Gasteiger charge is -2.28. The van der Waals surface area contributed by atoms with Crippen molar-refractivity contribution < 1.29 is 4.21 Å². The van der Waals surface area contributed by atoms with E-state index in [2.05, 4.69) is 24.5 Å². The molecule has 0 spiro atoms. The Labute approximate surface area is 109 Å². The van der Waals surface area contributed by atoms with Crippen LogP contribution in [0.1, 0.15) is 46.0 Å². The summed E-state index contributed by atoms with van der Waals surface area (Å²) in [5.74, 6) is 0.808. The minimum absolute atomic E-state index is 0.470. The molecule has 2 N–H and O–H groups in total. The molecule has 1 rings (SSSR count). The highest BCUT2D eigenvalue weighted by Crippen LogP contribution is 2.12. The monoisotopic (exact) mass is 260 g/mol. The van der Waals surface area contributed by atoms with Crippen LogP contribution < -0.4 is 10.6 Å². The Bertz CT molecular complexity index is 229. The standard InChI is InChI=1S/C13H28N2OS/c1-11(7-9-17(3)16)15-12(2)10-13-6-4-5-8-14-13/h11-15H,4-10H2,1-3H3. The van der Waals surface area contributed by atoms with E-state index in [0.29, 0.717) is 18.1 Å². The van der Waals surface area contributed by atoms with Crippen LogP contribution in [0.15, 0.2) is 0 Å². The Kier molecular flexibility index (Phi) is 7.32. The van der Waals surface area contributed by atoms with Gasteiger partial charge in [0.25, 0.3) is 0 Å². The predicted octanol–water partition coefficient (Wildman–Crippen LogP) is 1.65. The summed E-state index contributed by atoms with van der Waals surface area (Å²) >= 11 is 0. The summed E-state index contributed by atoms with van der Waals surface area (Å²) in [6.07, 6.45) is 8.01. The number of hydrogen-bond acceptors (Lipinski definition) is 3. The third-order valence-corrected chi connectivity index (χ3v) is 4.27. The second-order valence-electron chi connectivity index (χ2n) is 5.42. The summed E-state index contributed by atoms with van der Waals surface area (Å²) in [7, 11) is -0.660. The van der Waals surface area contributed by atoms with E-state index in [1.54, 1.807) is 6.26 Å². The van der Waals surface area contributed by atoms with Gasteiger partial charge in [0, 0.05) is 40.9 Å². The van der Waals surface area contributed by atoms with Crippen molar-refractivity contribution in [1.29, 1.82) is 0 Å². The maximum absolute atomic E-state index is 11.0. The van der Waals surface area contributed by atoms with Crippen LogP contribution in [0.25, 0.3) is 0 Å². The largest absolute Gasteiger partial charge is 0.314 e. The van der Waals surface area contributed by atoms with Crippen LogP contribution in [0.2, 0.25) is 0 Å². The molecule has 1 fully saturated rings. The summed E-state index contributed by atoms with van der Waals surface area (Å²) in [5, 5.41) is 7.19. The molecule has 0 saturated carbocycles. The zero-order valence-electron chi connectivity index (χ0n) is 11.5. The molecule has 0 bridgehead atoms. The molecule has 0 aliphatic carbocycles. The SMILES string of the molecule is CC(CCS(C)=O)NC(C)CC1CCCCN1. The van der Waals surface area contributed by atoms with E-state index in [-0.39, 0.29) is 0 Å². The quantitative estimate of drug-likeness (QED) is 0.731. The first kappa shape index (κ1) is 15.1. The van der Waals surface area contributed by atoms with E-state index in [1.807, 2.05) is 0 Å². The smallest absolute Gasteiger partial charge is 0.0246 e. The van der Waals surface area contributed by atoms with E-state index in [0.717, 1.165) is 12.2 Å². The van der Waals surface area contributed by atoms with Gasteiger partial charge < -0.3 is 10.6 Å². The molecule has 0 aromatic rings. The molecule has 1 aliphatic rings. The van der Waals surface area contributed by atoms with Crippen LogP contribution in [-0.2, 0) is 10.8 Å². The van der Waals surface area contributed by atoms with Gasteiger partial charge in [-0.2, -0.15) is 0 Å². The molecule has 3 nitrogen and oxygen atoms in total. The van der Waals surface area contributed by atoms with Crippen LogP contribution in [0.4, 0.5) is 0 Å². The average molecular weight is 260 g/mol. The molecular weight excluding hydrogens is 232 g/mol. The van der Waals surface area contributed by atoms with Crippen LogP contribution in [0.3, 0.4) is 0 Å². The Morgan fingerprint density at radius 3 is 2.71 bits per heavy atom. The van der Waals surface area contributed by atoms with Gasteiger partial charge >= 0.3 is 0 Å². The van der Waals surface area contributed by atoms with Gasteiger partial charge in [-0.3, -0.25) is 4.21 Å². The maximum atomic E-state index is 11.0. The molecule has 17 heavy (non-hydrogen) atoms. The van der Waals surface area contributed by atoms with Crippen molar-refractivity contribution in [2.24, 2.45) is 0 Å². The lowest BCUT2D eigenvalue weighted by Crippen LogP contribution is -2.42. The number of hydrogen-bond donors (Lipinski definition) is 2. The Morgan fingerprint density at radius 2 is 2.12 bits per heavy atom. The molecule has 0 aromatic carbocycles.